The van der Waals surface area contributed by atoms with Crippen LogP contribution in [0.2, 0.25) is 0 Å². The van der Waals surface area contributed by atoms with Crippen LogP contribution in [0.3, 0.4) is 0 Å². The molecule has 168 valence electrons. The Balaban J connectivity index is 1.84. The van der Waals surface area contributed by atoms with Crippen LogP contribution < -0.4 is 11.2 Å². The molecule has 1 aliphatic rings. The molecule has 1 fully saturated rings. The van der Waals surface area contributed by atoms with Gasteiger partial charge in [0.1, 0.15) is 6.54 Å². The first-order chi connectivity index (χ1) is 15.4. The summed E-state index contributed by atoms with van der Waals surface area (Å²) in [6, 6.07) is 12.9. The molecule has 2 aromatic carbocycles. The van der Waals surface area contributed by atoms with Gasteiger partial charge in [-0.2, -0.15) is 0 Å². The summed E-state index contributed by atoms with van der Waals surface area (Å²) in [5.74, 6) is -0.0984. The Morgan fingerprint density at radius 1 is 0.969 bits per heavy atom. The van der Waals surface area contributed by atoms with E-state index in [1.165, 1.54) is 9.13 Å². The fourth-order valence-corrected chi connectivity index (χ4v) is 4.43. The SMILES string of the molecule is CCc1ccccc1-n1c(=O)c2cc(C)ccc2n(CC(=O)N2CCN(CC)CC2)c1=O. The zero-order valence-corrected chi connectivity index (χ0v) is 19.0. The number of aryl methyl sites for hydroxylation is 2. The molecule has 0 aliphatic carbocycles. The third-order valence-corrected chi connectivity index (χ3v) is 6.38. The van der Waals surface area contributed by atoms with E-state index in [4.69, 9.17) is 0 Å². The summed E-state index contributed by atoms with van der Waals surface area (Å²) in [6.07, 6.45) is 0.689. The number of carbonyl (C=O) groups excluding carboxylic acids is 1. The maximum Gasteiger partial charge on any atom is 0.336 e. The van der Waals surface area contributed by atoms with E-state index in [2.05, 4.69) is 11.8 Å². The first kappa shape index (κ1) is 22.0. The number of fused-ring (bicyclic) bond motifs is 1. The van der Waals surface area contributed by atoms with Crippen molar-refractivity contribution in [1.82, 2.24) is 18.9 Å². The Labute approximate surface area is 187 Å². The van der Waals surface area contributed by atoms with Crippen molar-refractivity contribution in [3.8, 4) is 5.69 Å². The molecule has 1 amide bonds. The van der Waals surface area contributed by atoms with E-state index in [0.29, 0.717) is 36.1 Å². The molecule has 0 N–H and O–H groups in total. The number of nitrogens with zero attached hydrogens (tertiary/aromatic N) is 4. The van der Waals surface area contributed by atoms with Crippen molar-refractivity contribution in [2.45, 2.75) is 33.7 Å². The predicted octanol–water partition coefficient (Wildman–Crippen LogP) is 2.19. The molecule has 4 rings (SSSR count). The maximum absolute atomic E-state index is 13.6. The lowest BCUT2D eigenvalue weighted by molar-refractivity contribution is -0.133. The van der Waals surface area contributed by atoms with Gasteiger partial charge in [-0.3, -0.25) is 14.2 Å². The number of carbonyl (C=O) groups is 1. The number of piperazine rings is 1. The van der Waals surface area contributed by atoms with Crippen LogP contribution in [0.1, 0.15) is 25.0 Å². The molecule has 0 spiro atoms. The molecule has 7 nitrogen and oxygen atoms in total. The van der Waals surface area contributed by atoms with Gasteiger partial charge in [-0.25, -0.2) is 9.36 Å². The molecule has 0 atom stereocenters. The van der Waals surface area contributed by atoms with Crippen LogP contribution in [-0.4, -0.2) is 57.6 Å². The predicted molar refractivity (Wildman–Crippen MR) is 127 cm³/mol. The van der Waals surface area contributed by atoms with Crippen molar-refractivity contribution in [2.24, 2.45) is 0 Å². The lowest BCUT2D eigenvalue weighted by Gasteiger charge is -2.34. The second-order valence-electron chi connectivity index (χ2n) is 8.33. The largest absolute Gasteiger partial charge is 0.339 e. The second kappa shape index (κ2) is 9.12. The molecule has 32 heavy (non-hydrogen) atoms. The molecule has 0 unspecified atom stereocenters. The van der Waals surface area contributed by atoms with Gasteiger partial charge in [0.2, 0.25) is 5.91 Å². The lowest BCUT2D eigenvalue weighted by Crippen LogP contribution is -2.50. The first-order valence-electron chi connectivity index (χ1n) is 11.3. The minimum absolute atomic E-state index is 0.0842. The Bertz CT molecular complexity index is 1270. The Morgan fingerprint density at radius 3 is 2.38 bits per heavy atom. The highest BCUT2D eigenvalue weighted by atomic mass is 16.2. The van der Waals surface area contributed by atoms with Crippen LogP contribution >= 0.6 is 0 Å². The van der Waals surface area contributed by atoms with Crippen molar-refractivity contribution < 1.29 is 4.79 Å². The summed E-state index contributed by atoms with van der Waals surface area (Å²) in [7, 11) is 0. The van der Waals surface area contributed by atoms with Crippen LogP contribution in [0, 0.1) is 6.92 Å². The zero-order chi connectivity index (χ0) is 22.8. The first-order valence-corrected chi connectivity index (χ1v) is 11.3. The number of likely N-dealkylation sites (N-methyl/N-ethyl adjacent to an activating group) is 1. The Morgan fingerprint density at radius 2 is 1.69 bits per heavy atom. The van der Waals surface area contributed by atoms with Crippen molar-refractivity contribution >= 4 is 16.8 Å². The minimum Gasteiger partial charge on any atom is -0.339 e. The van der Waals surface area contributed by atoms with Crippen LogP contribution in [0.25, 0.3) is 16.6 Å². The van der Waals surface area contributed by atoms with Crippen molar-refractivity contribution in [2.75, 3.05) is 32.7 Å². The average Bonchev–Trinajstić information content (AvgIpc) is 2.82. The van der Waals surface area contributed by atoms with Gasteiger partial charge >= 0.3 is 5.69 Å². The smallest absolute Gasteiger partial charge is 0.336 e. The van der Waals surface area contributed by atoms with Crippen molar-refractivity contribution in [3.63, 3.8) is 0 Å². The normalized spacial score (nSPS) is 14.8. The highest BCUT2D eigenvalue weighted by Crippen LogP contribution is 2.16. The topological polar surface area (TPSA) is 67.6 Å². The summed E-state index contributed by atoms with van der Waals surface area (Å²) < 4.78 is 2.68. The van der Waals surface area contributed by atoms with Gasteiger partial charge in [0.15, 0.2) is 0 Å². The number of aromatic nitrogens is 2. The summed E-state index contributed by atoms with van der Waals surface area (Å²) in [6.45, 7) is 9.87. The summed E-state index contributed by atoms with van der Waals surface area (Å²) in [4.78, 5) is 44.3. The van der Waals surface area contributed by atoms with Gasteiger partial charge in [-0.05, 0) is 43.7 Å². The molecule has 1 aliphatic heterocycles. The minimum atomic E-state index is -0.479. The van der Waals surface area contributed by atoms with E-state index in [1.807, 2.05) is 43.0 Å². The van der Waals surface area contributed by atoms with Gasteiger partial charge in [-0.1, -0.05) is 43.7 Å². The molecule has 0 bridgehead atoms. The lowest BCUT2D eigenvalue weighted by atomic mass is 10.1. The molecule has 0 saturated carbocycles. The molecule has 1 aromatic heterocycles. The van der Waals surface area contributed by atoms with E-state index in [0.717, 1.165) is 30.8 Å². The van der Waals surface area contributed by atoms with Gasteiger partial charge in [0, 0.05) is 26.2 Å². The third-order valence-electron chi connectivity index (χ3n) is 6.38. The fraction of sp³-hybridized carbons (Fsp3) is 0.400. The molecular formula is C25H30N4O3. The van der Waals surface area contributed by atoms with Crippen molar-refractivity contribution in [3.05, 3.63) is 74.4 Å². The Kier molecular flexibility index (Phi) is 6.28. The number of hydrogen-bond donors (Lipinski definition) is 0. The highest BCUT2D eigenvalue weighted by molar-refractivity contribution is 5.82. The summed E-state index contributed by atoms with van der Waals surface area (Å²) >= 11 is 0. The number of amides is 1. The third kappa shape index (κ3) is 4.00. The standard InChI is InChI=1S/C25H30N4O3/c1-4-19-8-6-7-9-21(19)29-24(31)20-16-18(3)10-11-22(20)28(25(29)32)17-23(30)27-14-12-26(5-2)13-15-27/h6-11,16H,4-5,12-15,17H2,1-3H3. The van der Waals surface area contributed by atoms with Crippen LogP contribution in [0.5, 0.6) is 0 Å². The Hall–Kier alpha value is -3.19. The maximum atomic E-state index is 13.6. The van der Waals surface area contributed by atoms with Crippen molar-refractivity contribution in [1.29, 1.82) is 0 Å². The molecular weight excluding hydrogens is 404 g/mol. The average molecular weight is 435 g/mol. The number of benzene rings is 2. The van der Waals surface area contributed by atoms with E-state index < -0.39 is 5.69 Å². The van der Waals surface area contributed by atoms with E-state index in [1.54, 1.807) is 18.2 Å². The van der Waals surface area contributed by atoms with Gasteiger partial charge in [0.25, 0.3) is 5.56 Å². The fourth-order valence-electron chi connectivity index (χ4n) is 4.43. The van der Waals surface area contributed by atoms with Gasteiger partial charge in [-0.15, -0.1) is 0 Å². The van der Waals surface area contributed by atoms with Gasteiger partial charge in [0.05, 0.1) is 16.6 Å². The van der Waals surface area contributed by atoms with E-state index in [-0.39, 0.29) is 18.0 Å². The monoisotopic (exact) mass is 434 g/mol. The molecule has 1 saturated heterocycles. The summed E-state index contributed by atoms with van der Waals surface area (Å²) in [5.41, 5.74) is 2.08. The number of hydrogen-bond acceptors (Lipinski definition) is 4. The molecule has 7 heteroatoms. The van der Waals surface area contributed by atoms with Crippen LogP contribution in [-0.2, 0) is 17.8 Å². The van der Waals surface area contributed by atoms with Crippen LogP contribution in [0.4, 0.5) is 0 Å². The number of para-hydroxylation sites is 1. The van der Waals surface area contributed by atoms with E-state index in [9.17, 15) is 14.4 Å². The highest BCUT2D eigenvalue weighted by Gasteiger charge is 2.23. The quantitative estimate of drug-likeness (QED) is 0.617. The van der Waals surface area contributed by atoms with Crippen LogP contribution in [0.15, 0.2) is 52.1 Å². The molecule has 2 heterocycles. The number of rotatable bonds is 5. The molecule has 3 aromatic rings. The molecule has 0 radical (unpaired) electrons. The van der Waals surface area contributed by atoms with Gasteiger partial charge < -0.3 is 9.80 Å². The zero-order valence-electron chi connectivity index (χ0n) is 19.0. The van der Waals surface area contributed by atoms with E-state index >= 15 is 0 Å². The summed E-state index contributed by atoms with van der Waals surface area (Å²) in [5, 5.41) is 0.444. The second-order valence-corrected chi connectivity index (χ2v) is 8.33.